The van der Waals surface area contributed by atoms with E-state index in [2.05, 4.69) is 5.32 Å². The van der Waals surface area contributed by atoms with Crippen molar-refractivity contribution in [3.05, 3.63) is 0 Å². The Morgan fingerprint density at radius 1 is 1.54 bits per heavy atom. The molecule has 0 saturated carbocycles. The van der Waals surface area contributed by atoms with Gasteiger partial charge >= 0.3 is 12.1 Å². The van der Waals surface area contributed by atoms with E-state index in [1.54, 1.807) is 0 Å². The molecule has 1 rings (SSSR count). The number of carboxylic acid groups (broad SMARTS) is 1. The summed E-state index contributed by atoms with van der Waals surface area (Å²) >= 11 is 0. The number of nitrogens with one attached hydrogen (secondary N) is 1. The van der Waals surface area contributed by atoms with Crippen molar-refractivity contribution >= 4 is 5.97 Å². The van der Waals surface area contributed by atoms with Gasteiger partial charge in [0.05, 0.1) is 0 Å². The van der Waals surface area contributed by atoms with E-state index in [-0.39, 0.29) is 6.54 Å². The Balaban J connectivity index is 2.95. The van der Waals surface area contributed by atoms with Gasteiger partial charge in [0, 0.05) is 0 Å². The number of hydrogen-bond acceptors (Lipinski definition) is 3. The van der Waals surface area contributed by atoms with Crippen molar-refractivity contribution in [2.75, 3.05) is 6.54 Å². The molecule has 1 heterocycles. The minimum Gasteiger partial charge on any atom is -0.480 e. The van der Waals surface area contributed by atoms with Gasteiger partial charge in [0.25, 0.3) is 0 Å². The molecule has 0 amide bonds. The van der Waals surface area contributed by atoms with Gasteiger partial charge in [-0.25, -0.2) is 0 Å². The Labute approximate surface area is 71.4 Å². The quantitative estimate of drug-likeness (QED) is 0.543. The maximum atomic E-state index is 12.2. The summed E-state index contributed by atoms with van der Waals surface area (Å²) in [7, 11) is 0. The second-order valence-electron chi connectivity index (χ2n) is 2.90. The molecule has 2 atom stereocenters. The number of halogens is 3. The molecule has 0 radical (unpaired) electrons. The van der Waals surface area contributed by atoms with Gasteiger partial charge < -0.3 is 15.5 Å². The smallest absolute Gasteiger partial charge is 0.419 e. The maximum absolute atomic E-state index is 12.2. The highest BCUT2D eigenvalue weighted by Crippen LogP contribution is 2.38. The summed E-state index contributed by atoms with van der Waals surface area (Å²) in [6, 6.07) is -1.97. The predicted octanol–water partition coefficient (Wildman–Crippen LogP) is -0.274. The van der Waals surface area contributed by atoms with E-state index in [1.807, 2.05) is 0 Å². The Hall–Kier alpha value is -0.820. The largest absolute Gasteiger partial charge is 0.480 e. The van der Waals surface area contributed by atoms with Crippen LogP contribution in [0.3, 0.4) is 0 Å². The van der Waals surface area contributed by atoms with E-state index in [9.17, 15) is 18.0 Å². The van der Waals surface area contributed by atoms with Crippen molar-refractivity contribution < 1.29 is 28.2 Å². The van der Waals surface area contributed by atoms with Crippen molar-refractivity contribution in [1.29, 1.82) is 0 Å². The zero-order valence-corrected chi connectivity index (χ0v) is 6.43. The molecule has 0 aromatic rings. The summed E-state index contributed by atoms with van der Waals surface area (Å²) in [6.45, 7) is -0.160. The highest BCUT2D eigenvalue weighted by atomic mass is 19.4. The van der Waals surface area contributed by atoms with E-state index in [0.29, 0.717) is 0 Å². The first-order chi connectivity index (χ1) is 5.79. The lowest BCUT2D eigenvalue weighted by Crippen LogP contribution is -2.57. The molecule has 0 aromatic heterocycles. The number of alkyl halides is 3. The van der Waals surface area contributed by atoms with Gasteiger partial charge in [-0.05, 0) is 13.0 Å². The van der Waals surface area contributed by atoms with Crippen LogP contribution in [0.4, 0.5) is 13.2 Å². The number of hydrogen-bond donors (Lipinski definition) is 3. The van der Waals surface area contributed by atoms with Gasteiger partial charge in [-0.2, -0.15) is 13.2 Å². The van der Waals surface area contributed by atoms with Crippen LogP contribution in [-0.2, 0) is 4.79 Å². The molecule has 0 bridgehead atoms. The van der Waals surface area contributed by atoms with Crippen LogP contribution in [0.2, 0.25) is 0 Å². The van der Waals surface area contributed by atoms with Crippen molar-refractivity contribution in [2.45, 2.75) is 24.2 Å². The highest BCUT2D eigenvalue weighted by molar-refractivity contribution is 5.76. The monoisotopic (exact) mass is 199 g/mol. The van der Waals surface area contributed by atoms with Crippen LogP contribution in [0, 0.1) is 0 Å². The fourth-order valence-electron chi connectivity index (χ4n) is 1.32. The number of carboxylic acids is 1. The number of rotatable bonds is 1. The Morgan fingerprint density at radius 2 is 2.08 bits per heavy atom. The van der Waals surface area contributed by atoms with E-state index < -0.39 is 30.2 Å². The van der Waals surface area contributed by atoms with Crippen molar-refractivity contribution in [2.24, 2.45) is 0 Å². The molecular formula is C6H8F3NO3. The molecule has 3 N–H and O–H groups in total. The van der Waals surface area contributed by atoms with Gasteiger partial charge in [0.15, 0.2) is 5.60 Å². The van der Waals surface area contributed by atoms with E-state index in [4.69, 9.17) is 10.2 Å². The fraction of sp³-hybridized carbons (Fsp3) is 0.833. The van der Waals surface area contributed by atoms with E-state index in [1.165, 1.54) is 0 Å². The normalized spacial score (nSPS) is 34.9. The third-order valence-electron chi connectivity index (χ3n) is 2.07. The molecular weight excluding hydrogens is 191 g/mol. The van der Waals surface area contributed by atoms with Crippen molar-refractivity contribution in [1.82, 2.24) is 5.32 Å². The minimum atomic E-state index is -4.92. The Kier molecular flexibility index (Phi) is 2.25. The van der Waals surface area contributed by atoms with Crippen LogP contribution in [0.1, 0.15) is 6.42 Å². The zero-order chi connectivity index (χ0) is 10.3. The first-order valence-corrected chi connectivity index (χ1v) is 3.54. The van der Waals surface area contributed by atoms with Gasteiger partial charge in [0.1, 0.15) is 6.04 Å². The average Bonchev–Trinajstić information content (AvgIpc) is 2.30. The highest BCUT2D eigenvalue weighted by Gasteiger charge is 2.63. The van der Waals surface area contributed by atoms with Crippen molar-refractivity contribution in [3.63, 3.8) is 0 Å². The lowest BCUT2D eigenvalue weighted by atomic mass is 9.94. The molecule has 0 aromatic carbocycles. The Morgan fingerprint density at radius 3 is 2.38 bits per heavy atom. The van der Waals surface area contributed by atoms with Crippen LogP contribution in [0.25, 0.3) is 0 Å². The molecule has 13 heavy (non-hydrogen) atoms. The third kappa shape index (κ3) is 1.49. The number of aliphatic hydroxyl groups is 1. The molecule has 0 aliphatic carbocycles. The summed E-state index contributed by atoms with van der Waals surface area (Å²) < 4.78 is 36.6. The molecule has 1 aliphatic heterocycles. The number of aliphatic carboxylic acids is 1. The lowest BCUT2D eigenvalue weighted by Gasteiger charge is -2.28. The molecule has 1 fully saturated rings. The van der Waals surface area contributed by atoms with Crippen LogP contribution in [-0.4, -0.2) is 40.5 Å². The second-order valence-corrected chi connectivity index (χ2v) is 2.90. The standard InChI is InChI=1S/C6H8F3NO3/c7-6(8,9)5(13)1-2-10-3(5)4(11)12/h3,10,13H,1-2H2,(H,11,12)/t3-,5-/m0/s1. The summed E-state index contributed by atoms with van der Waals surface area (Å²) in [5.74, 6) is -1.70. The van der Waals surface area contributed by atoms with Gasteiger partial charge in [-0.3, -0.25) is 4.79 Å². The third-order valence-corrected chi connectivity index (χ3v) is 2.07. The first kappa shape index (κ1) is 10.3. The SMILES string of the molecule is O=C(O)[C@@H]1NCC[C@@]1(O)C(F)(F)F. The molecule has 0 spiro atoms. The van der Waals surface area contributed by atoms with Crippen molar-refractivity contribution in [3.8, 4) is 0 Å². The van der Waals surface area contributed by atoms with Crippen LogP contribution in [0.15, 0.2) is 0 Å². The minimum absolute atomic E-state index is 0.160. The van der Waals surface area contributed by atoms with Crippen LogP contribution >= 0.6 is 0 Å². The summed E-state index contributed by atoms with van der Waals surface area (Å²) in [6.07, 6.45) is -5.55. The zero-order valence-electron chi connectivity index (χ0n) is 6.43. The van der Waals surface area contributed by atoms with Gasteiger partial charge in [-0.1, -0.05) is 0 Å². The first-order valence-electron chi connectivity index (χ1n) is 3.54. The van der Waals surface area contributed by atoms with Gasteiger partial charge in [-0.15, -0.1) is 0 Å². The molecule has 0 unspecified atom stereocenters. The average molecular weight is 199 g/mol. The second kappa shape index (κ2) is 2.85. The fourth-order valence-corrected chi connectivity index (χ4v) is 1.32. The van der Waals surface area contributed by atoms with Crippen LogP contribution in [0.5, 0.6) is 0 Å². The van der Waals surface area contributed by atoms with E-state index >= 15 is 0 Å². The van der Waals surface area contributed by atoms with Gasteiger partial charge in [0.2, 0.25) is 0 Å². The Bertz CT molecular complexity index is 230. The summed E-state index contributed by atoms with van der Waals surface area (Å²) in [5, 5.41) is 19.6. The maximum Gasteiger partial charge on any atom is 0.419 e. The van der Waals surface area contributed by atoms with Crippen LogP contribution < -0.4 is 5.32 Å². The topological polar surface area (TPSA) is 69.6 Å². The predicted molar refractivity (Wildman–Crippen MR) is 35.0 cm³/mol. The lowest BCUT2D eigenvalue weighted by molar-refractivity contribution is -0.262. The molecule has 1 aliphatic rings. The summed E-state index contributed by atoms with van der Waals surface area (Å²) in [5.41, 5.74) is -3.14. The summed E-state index contributed by atoms with van der Waals surface area (Å²) in [4.78, 5) is 10.3. The molecule has 1 saturated heterocycles. The van der Waals surface area contributed by atoms with E-state index in [0.717, 1.165) is 0 Å². The molecule has 4 nitrogen and oxygen atoms in total. The molecule has 7 heteroatoms. The molecule has 76 valence electrons. The number of carbonyl (C=O) groups is 1.